The third-order valence-corrected chi connectivity index (χ3v) is 4.09. The molecule has 2 atom stereocenters. The third kappa shape index (κ3) is 3.99. The van der Waals surface area contributed by atoms with Crippen molar-refractivity contribution in [1.29, 1.82) is 0 Å². The number of aryl methyl sites for hydroxylation is 1. The minimum Gasteiger partial charge on any atom is -0.373 e. The lowest BCUT2D eigenvalue weighted by molar-refractivity contribution is -0.0672. The van der Waals surface area contributed by atoms with Crippen LogP contribution in [0.5, 0.6) is 0 Å². The standard InChI is InChI=1S/C13H21N3O2S/c1-9-6-16(7-10(2)18-9)5-4-14-13(17)12-11(3)15-8-19-12/h8-10H,4-7H2,1-3H3,(H,14,17)/t9-,10-/m0/s1. The monoisotopic (exact) mass is 283 g/mol. The summed E-state index contributed by atoms with van der Waals surface area (Å²) in [5.41, 5.74) is 2.51. The van der Waals surface area contributed by atoms with E-state index in [-0.39, 0.29) is 18.1 Å². The summed E-state index contributed by atoms with van der Waals surface area (Å²) in [7, 11) is 0. The van der Waals surface area contributed by atoms with E-state index in [1.54, 1.807) is 5.51 Å². The number of carbonyl (C=O) groups is 1. The van der Waals surface area contributed by atoms with Gasteiger partial charge in [0.2, 0.25) is 0 Å². The van der Waals surface area contributed by atoms with Crippen LogP contribution in [-0.2, 0) is 4.74 Å². The van der Waals surface area contributed by atoms with E-state index >= 15 is 0 Å². The highest BCUT2D eigenvalue weighted by Crippen LogP contribution is 2.12. The van der Waals surface area contributed by atoms with Crippen LogP contribution in [0.15, 0.2) is 5.51 Å². The number of amides is 1. The molecule has 0 saturated carbocycles. The maximum absolute atomic E-state index is 11.9. The first-order valence-corrected chi connectivity index (χ1v) is 7.50. The first kappa shape index (κ1) is 14.4. The van der Waals surface area contributed by atoms with Gasteiger partial charge in [0.25, 0.3) is 5.91 Å². The van der Waals surface area contributed by atoms with Gasteiger partial charge in [0, 0.05) is 26.2 Å². The molecule has 5 nitrogen and oxygen atoms in total. The fourth-order valence-corrected chi connectivity index (χ4v) is 3.11. The van der Waals surface area contributed by atoms with Crippen LogP contribution in [0.25, 0.3) is 0 Å². The predicted molar refractivity (Wildman–Crippen MR) is 75.6 cm³/mol. The van der Waals surface area contributed by atoms with Crippen LogP contribution in [0.2, 0.25) is 0 Å². The van der Waals surface area contributed by atoms with Crippen LogP contribution in [-0.4, -0.2) is 54.2 Å². The summed E-state index contributed by atoms with van der Waals surface area (Å²) in [5.74, 6) is -0.0191. The molecule has 1 aromatic heterocycles. The molecule has 1 aliphatic heterocycles. The summed E-state index contributed by atoms with van der Waals surface area (Å²) < 4.78 is 5.68. The Hall–Kier alpha value is -0.980. The summed E-state index contributed by atoms with van der Waals surface area (Å²) >= 11 is 1.39. The molecule has 0 bridgehead atoms. The number of thiazole rings is 1. The first-order chi connectivity index (χ1) is 9.06. The van der Waals surface area contributed by atoms with Gasteiger partial charge < -0.3 is 10.1 Å². The number of hydrogen-bond acceptors (Lipinski definition) is 5. The topological polar surface area (TPSA) is 54.5 Å². The third-order valence-electron chi connectivity index (χ3n) is 3.16. The Labute approximate surface area is 118 Å². The number of aromatic nitrogens is 1. The Bertz CT molecular complexity index is 425. The summed E-state index contributed by atoms with van der Waals surface area (Å²) in [6.45, 7) is 9.41. The van der Waals surface area contributed by atoms with Crippen molar-refractivity contribution in [1.82, 2.24) is 15.2 Å². The first-order valence-electron chi connectivity index (χ1n) is 6.62. The average molecular weight is 283 g/mol. The molecule has 1 N–H and O–H groups in total. The molecular formula is C13H21N3O2S. The highest BCUT2D eigenvalue weighted by molar-refractivity contribution is 7.11. The second-order valence-electron chi connectivity index (χ2n) is 5.04. The summed E-state index contributed by atoms with van der Waals surface area (Å²) in [4.78, 5) is 19.0. The lowest BCUT2D eigenvalue weighted by Crippen LogP contribution is -2.47. The van der Waals surface area contributed by atoms with E-state index in [4.69, 9.17) is 4.74 Å². The van der Waals surface area contributed by atoms with Crippen molar-refractivity contribution in [3.8, 4) is 0 Å². The Morgan fingerprint density at radius 2 is 2.21 bits per heavy atom. The van der Waals surface area contributed by atoms with Gasteiger partial charge in [-0.05, 0) is 20.8 Å². The van der Waals surface area contributed by atoms with Crippen LogP contribution in [0, 0.1) is 6.92 Å². The van der Waals surface area contributed by atoms with E-state index in [0.717, 1.165) is 25.3 Å². The average Bonchev–Trinajstić information content (AvgIpc) is 2.74. The number of morpholine rings is 1. The van der Waals surface area contributed by atoms with Crippen LogP contribution in [0.3, 0.4) is 0 Å². The van der Waals surface area contributed by atoms with E-state index in [0.29, 0.717) is 11.4 Å². The maximum Gasteiger partial charge on any atom is 0.263 e. The van der Waals surface area contributed by atoms with Gasteiger partial charge in [-0.2, -0.15) is 0 Å². The number of rotatable bonds is 4. The number of nitrogens with zero attached hydrogens (tertiary/aromatic N) is 2. The van der Waals surface area contributed by atoms with Crippen LogP contribution in [0.1, 0.15) is 29.2 Å². The second kappa shape index (κ2) is 6.45. The van der Waals surface area contributed by atoms with Crippen molar-refractivity contribution < 1.29 is 9.53 Å². The van der Waals surface area contributed by atoms with E-state index < -0.39 is 0 Å². The molecule has 0 radical (unpaired) electrons. The van der Waals surface area contributed by atoms with Gasteiger partial charge in [-0.3, -0.25) is 9.69 Å². The molecule has 1 aromatic rings. The van der Waals surface area contributed by atoms with Crippen molar-refractivity contribution in [2.45, 2.75) is 33.0 Å². The van der Waals surface area contributed by atoms with Gasteiger partial charge in [-0.15, -0.1) is 11.3 Å². The Kier molecular flexibility index (Phi) is 4.90. The Balaban J connectivity index is 1.75. The van der Waals surface area contributed by atoms with Gasteiger partial charge in [-0.25, -0.2) is 4.98 Å². The Morgan fingerprint density at radius 3 is 2.79 bits per heavy atom. The minimum atomic E-state index is -0.0191. The molecule has 106 valence electrons. The van der Waals surface area contributed by atoms with E-state index in [9.17, 15) is 4.79 Å². The van der Waals surface area contributed by atoms with Crippen molar-refractivity contribution in [2.24, 2.45) is 0 Å². The lowest BCUT2D eigenvalue weighted by atomic mass is 10.2. The zero-order chi connectivity index (χ0) is 13.8. The molecular weight excluding hydrogens is 262 g/mol. The van der Waals surface area contributed by atoms with E-state index in [2.05, 4.69) is 29.0 Å². The number of hydrogen-bond donors (Lipinski definition) is 1. The molecule has 1 aliphatic rings. The lowest BCUT2D eigenvalue weighted by Gasteiger charge is -2.35. The predicted octanol–water partition coefficient (Wildman–Crippen LogP) is 1.29. The summed E-state index contributed by atoms with van der Waals surface area (Å²) in [6, 6.07) is 0. The van der Waals surface area contributed by atoms with E-state index in [1.807, 2.05) is 6.92 Å². The smallest absolute Gasteiger partial charge is 0.263 e. The molecule has 19 heavy (non-hydrogen) atoms. The van der Waals surface area contributed by atoms with Crippen LogP contribution in [0.4, 0.5) is 0 Å². The zero-order valence-corrected chi connectivity index (χ0v) is 12.5. The molecule has 1 fully saturated rings. The maximum atomic E-state index is 11.9. The van der Waals surface area contributed by atoms with Crippen LogP contribution >= 0.6 is 11.3 Å². The van der Waals surface area contributed by atoms with Crippen molar-refractivity contribution >= 4 is 17.2 Å². The van der Waals surface area contributed by atoms with Crippen LogP contribution < -0.4 is 5.32 Å². The fourth-order valence-electron chi connectivity index (χ4n) is 2.39. The zero-order valence-electron chi connectivity index (χ0n) is 11.7. The highest BCUT2D eigenvalue weighted by Gasteiger charge is 2.21. The molecule has 2 rings (SSSR count). The summed E-state index contributed by atoms with van der Waals surface area (Å²) in [6.07, 6.45) is 0.534. The van der Waals surface area contributed by atoms with Crippen molar-refractivity contribution in [3.63, 3.8) is 0 Å². The minimum absolute atomic E-state index is 0.0191. The fraction of sp³-hybridized carbons (Fsp3) is 0.692. The molecule has 0 spiro atoms. The molecule has 2 heterocycles. The van der Waals surface area contributed by atoms with Gasteiger partial charge >= 0.3 is 0 Å². The number of carbonyl (C=O) groups excluding carboxylic acids is 1. The van der Waals surface area contributed by atoms with Gasteiger partial charge in [-0.1, -0.05) is 0 Å². The van der Waals surface area contributed by atoms with Gasteiger partial charge in [0.05, 0.1) is 23.4 Å². The summed E-state index contributed by atoms with van der Waals surface area (Å²) in [5, 5.41) is 2.95. The normalized spacial score (nSPS) is 24.4. The van der Waals surface area contributed by atoms with E-state index in [1.165, 1.54) is 11.3 Å². The highest BCUT2D eigenvalue weighted by atomic mass is 32.1. The molecule has 0 unspecified atom stereocenters. The number of ether oxygens (including phenoxy) is 1. The molecule has 1 amide bonds. The number of nitrogens with one attached hydrogen (secondary N) is 1. The molecule has 0 aliphatic carbocycles. The molecule has 6 heteroatoms. The Morgan fingerprint density at radius 1 is 1.53 bits per heavy atom. The van der Waals surface area contributed by atoms with Crippen molar-refractivity contribution in [3.05, 3.63) is 16.1 Å². The SMILES string of the molecule is Cc1ncsc1C(=O)NCCN1C[C@H](C)O[C@@H](C)C1. The quantitative estimate of drug-likeness (QED) is 0.905. The van der Waals surface area contributed by atoms with Gasteiger partial charge in [0.15, 0.2) is 0 Å². The van der Waals surface area contributed by atoms with Gasteiger partial charge in [0.1, 0.15) is 4.88 Å². The second-order valence-corrected chi connectivity index (χ2v) is 5.89. The molecule has 1 saturated heterocycles. The molecule has 0 aromatic carbocycles. The largest absolute Gasteiger partial charge is 0.373 e. The van der Waals surface area contributed by atoms with Crippen molar-refractivity contribution in [2.75, 3.05) is 26.2 Å².